The molecule has 2 amide bonds. The Kier molecular flexibility index (Phi) is 3.62. The molecule has 2 heterocycles. The van der Waals surface area contributed by atoms with E-state index in [-0.39, 0.29) is 23.8 Å². The molecule has 0 aromatic carbocycles. The van der Waals surface area contributed by atoms with E-state index in [1.165, 1.54) is 12.8 Å². The maximum absolute atomic E-state index is 12.7. The van der Waals surface area contributed by atoms with Gasteiger partial charge in [-0.3, -0.25) is 9.59 Å². The molecule has 0 radical (unpaired) electrons. The number of carbonyl (C=O) groups is 2. The first kappa shape index (κ1) is 14.7. The number of nitrogens with zero attached hydrogens (tertiary/aromatic N) is 3. The van der Waals surface area contributed by atoms with Crippen molar-refractivity contribution in [2.75, 3.05) is 6.54 Å². The van der Waals surface area contributed by atoms with Crippen LogP contribution in [0.25, 0.3) is 0 Å². The maximum atomic E-state index is 12.7. The SMILES string of the molecule is C[C@@H]1C[C@H]1C(=O)N1Cc2cncn2[C@@H](C(=O)NC2CCCC2)C1. The van der Waals surface area contributed by atoms with Crippen LogP contribution in [0, 0.1) is 11.8 Å². The van der Waals surface area contributed by atoms with Crippen molar-refractivity contribution in [3.8, 4) is 0 Å². The number of amides is 2. The van der Waals surface area contributed by atoms with Gasteiger partial charge in [-0.15, -0.1) is 0 Å². The van der Waals surface area contributed by atoms with Gasteiger partial charge < -0.3 is 14.8 Å². The Bertz CT molecular complexity index is 620. The van der Waals surface area contributed by atoms with Crippen LogP contribution >= 0.6 is 0 Å². The third-order valence-electron chi connectivity index (χ3n) is 5.57. The van der Waals surface area contributed by atoms with Gasteiger partial charge >= 0.3 is 0 Å². The summed E-state index contributed by atoms with van der Waals surface area (Å²) < 4.78 is 1.93. The average Bonchev–Trinajstić information content (AvgIpc) is 2.98. The maximum Gasteiger partial charge on any atom is 0.245 e. The summed E-state index contributed by atoms with van der Waals surface area (Å²) in [6.45, 7) is 3.14. The predicted octanol–water partition coefficient (Wildman–Crippen LogP) is 1.48. The third kappa shape index (κ3) is 2.75. The molecule has 0 spiro atoms. The fourth-order valence-electron chi connectivity index (χ4n) is 3.94. The number of carbonyl (C=O) groups excluding carboxylic acids is 2. The van der Waals surface area contributed by atoms with E-state index in [0.29, 0.717) is 25.0 Å². The zero-order chi connectivity index (χ0) is 16.0. The fraction of sp³-hybridized carbons (Fsp3) is 0.706. The minimum absolute atomic E-state index is 0.0255. The number of imidazole rings is 1. The van der Waals surface area contributed by atoms with Crippen molar-refractivity contribution in [3.05, 3.63) is 18.2 Å². The van der Waals surface area contributed by atoms with Gasteiger partial charge in [0, 0.05) is 18.2 Å². The first-order valence-corrected chi connectivity index (χ1v) is 8.73. The number of nitrogens with one attached hydrogen (secondary N) is 1. The largest absolute Gasteiger partial charge is 0.352 e. The highest BCUT2D eigenvalue weighted by molar-refractivity contribution is 5.85. The van der Waals surface area contributed by atoms with E-state index in [9.17, 15) is 9.59 Å². The molecular weight excluding hydrogens is 292 g/mol. The van der Waals surface area contributed by atoms with Crippen molar-refractivity contribution in [1.29, 1.82) is 0 Å². The molecule has 0 unspecified atom stereocenters. The van der Waals surface area contributed by atoms with Gasteiger partial charge in [-0.25, -0.2) is 4.98 Å². The molecule has 124 valence electrons. The fourth-order valence-corrected chi connectivity index (χ4v) is 3.94. The first-order chi connectivity index (χ1) is 11.1. The third-order valence-corrected chi connectivity index (χ3v) is 5.57. The van der Waals surface area contributed by atoms with E-state index in [4.69, 9.17) is 0 Å². The summed E-state index contributed by atoms with van der Waals surface area (Å²) in [6, 6.07) is -0.0520. The van der Waals surface area contributed by atoms with Gasteiger partial charge in [0.1, 0.15) is 6.04 Å². The van der Waals surface area contributed by atoms with Crippen molar-refractivity contribution < 1.29 is 9.59 Å². The monoisotopic (exact) mass is 316 g/mol. The molecule has 6 heteroatoms. The van der Waals surface area contributed by atoms with Gasteiger partial charge in [-0.1, -0.05) is 19.8 Å². The van der Waals surface area contributed by atoms with E-state index in [1.54, 1.807) is 12.5 Å². The van der Waals surface area contributed by atoms with Crippen LogP contribution in [0.3, 0.4) is 0 Å². The molecule has 2 saturated carbocycles. The summed E-state index contributed by atoms with van der Waals surface area (Å²) in [5.41, 5.74) is 0.949. The molecule has 1 aliphatic heterocycles. The summed E-state index contributed by atoms with van der Waals surface area (Å²) in [4.78, 5) is 31.3. The summed E-state index contributed by atoms with van der Waals surface area (Å²) in [5, 5.41) is 3.17. The van der Waals surface area contributed by atoms with Crippen LogP contribution in [-0.2, 0) is 16.1 Å². The molecular formula is C17H24N4O2. The van der Waals surface area contributed by atoms with Crippen molar-refractivity contribution in [2.45, 2.75) is 57.7 Å². The zero-order valence-corrected chi connectivity index (χ0v) is 13.6. The number of fused-ring (bicyclic) bond motifs is 1. The van der Waals surface area contributed by atoms with Gasteiger partial charge in [0.05, 0.1) is 25.1 Å². The minimum atomic E-state index is -0.347. The predicted molar refractivity (Wildman–Crippen MR) is 84.4 cm³/mol. The van der Waals surface area contributed by atoms with E-state index in [0.717, 1.165) is 25.0 Å². The molecule has 2 fully saturated rings. The van der Waals surface area contributed by atoms with Gasteiger partial charge in [0.2, 0.25) is 11.8 Å². The van der Waals surface area contributed by atoms with Crippen LogP contribution in [0.4, 0.5) is 0 Å². The topological polar surface area (TPSA) is 67.2 Å². The molecule has 1 aromatic rings. The molecule has 2 aliphatic carbocycles. The summed E-state index contributed by atoms with van der Waals surface area (Å²) in [7, 11) is 0. The molecule has 6 nitrogen and oxygen atoms in total. The molecule has 1 N–H and O–H groups in total. The van der Waals surface area contributed by atoms with Crippen LogP contribution in [0.2, 0.25) is 0 Å². The number of rotatable bonds is 3. The Labute approximate surface area is 136 Å². The lowest BCUT2D eigenvalue weighted by molar-refractivity contribution is -0.136. The number of hydrogen-bond acceptors (Lipinski definition) is 3. The second kappa shape index (κ2) is 5.65. The van der Waals surface area contributed by atoms with Crippen LogP contribution in [0.15, 0.2) is 12.5 Å². The molecule has 0 saturated heterocycles. The molecule has 4 rings (SSSR count). The van der Waals surface area contributed by atoms with Crippen molar-refractivity contribution in [2.24, 2.45) is 11.8 Å². The second-order valence-electron chi connectivity index (χ2n) is 7.34. The summed E-state index contributed by atoms with van der Waals surface area (Å²) >= 11 is 0. The molecule has 3 atom stereocenters. The Morgan fingerprint density at radius 3 is 2.74 bits per heavy atom. The van der Waals surface area contributed by atoms with Crippen molar-refractivity contribution in [3.63, 3.8) is 0 Å². The van der Waals surface area contributed by atoms with Crippen LogP contribution in [-0.4, -0.2) is 38.9 Å². The van der Waals surface area contributed by atoms with Gasteiger partial charge in [0.15, 0.2) is 0 Å². The van der Waals surface area contributed by atoms with Gasteiger partial charge in [-0.05, 0) is 25.2 Å². The first-order valence-electron chi connectivity index (χ1n) is 8.73. The normalized spacial score (nSPS) is 30.1. The quantitative estimate of drug-likeness (QED) is 0.918. The summed E-state index contributed by atoms with van der Waals surface area (Å²) in [5.74, 6) is 0.865. The van der Waals surface area contributed by atoms with Crippen LogP contribution in [0.5, 0.6) is 0 Å². The number of hydrogen-bond donors (Lipinski definition) is 1. The second-order valence-corrected chi connectivity index (χ2v) is 7.34. The Morgan fingerprint density at radius 1 is 1.30 bits per heavy atom. The summed E-state index contributed by atoms with van der Waals surface area (Å²) in [6.07, 6.45) is 8.98. The lowest BCUT2D eigenvalue weighted by Crippen LogP contribution is -2.48. The Hall–Kier alpha value is -1.85. The molecule has 1 aromatic heterocycles. The molecule has 3 aliphatic rings. The molecule has 0 bridgehead atoms. The standard InChI is InChI=1S/C17H24N4O2/c1-11-6-14(11)17(23)20-8-13-7-18-10-21(13)15(9-20)16(22)19-12-4-2-3-5-12/h7,10-12,14-15H,2-6,8-9H2,1H3,(H,19,22)/t11-,14-,15-/m1/s1. The van der Waals surface area contributed by atoms with Gasteiger partial charge in [-0.2, -0.15) is 0 Å². The van der Waals surface area contributed by atoms with Crippen molar-refractivity contribution in [1.82, 2.24) is 19.8 Å². The molecule has 23 heavy (non-hydrogen) atoms. The van der Waals surface area contributed by atoms with E-state index >= 15 is 0 Å². The zero-order valence-electron chi connectivity index (χ0n) is 13.6. The Balaban J connectivity index is 1.51. The van der Waals surface area contributed by atoms with E-state index < -0.39 is 0 Å². The highest BCUT2D eigenvalue weighted by atomic mass is 16.2. The highest BCUT2D eigenvalue weighted by Gasteiger charge is 2.44. The van der Waals surface area contributed by atoms with Crippen molar-refractivity contribution >= 4 is 11.8 Å². The number of aromatic nitrogens is 2. The van der Waals surface area contributed by atoms with Crippen LogP contribution in [0.1, 0.15) is 50.8 Å². The highest BCUT2D eigenvalue weighted by Crippen LogP contribution is 2.40. The minimum Gasteiger partial charge on any atom is -0.352 e. The lowest BCUT2D eigenvalue weighted by atomic mass is 10.1. The average molecular weight is 316 g/mol. The smallest absolute Gasteiger partial charge is 0.245 e. The lowest BCUT2D eigenvalue weighted by Gasteiger charge is -2.34. The van der Waals surface area contributed by atoms with E-state index in [1.807, 2.05) is 9.47 Å². The van der Waals surface area contributed by atoms with E-state index in [2.05, 4.69) is 17.2 Å². The van der Waals surface area contributed by atoms with Crippen LogP contribution < -0.4 is 5.32 Å². The Morgan fingerprint density at radius 2 is 2.04 bits per heavy atom. The van der Waals surface area contributed by atoms with Gasteiger partial charge in [0.25, 0.3) is 0 Å².